The summed E-state index contributed by atoms with van der Waals surface area (Å²) in [5.74, 6) is -0.649. The van der Waals surface area contributed by atoms with Crippen LogP contribution in [0.3, 0.4) is 0 Å². The Morgan fingerprint density at radius 1 is 1.17 bits per heavy atom. The predicted molar refractivity (Wildman–Crippen MR) is 105 cm³/mol. The predicted octanol–water partition coefficient (Wildman–Crippen LogP) is 3.33. The molecule has 9 heteroatoms. The highest BCUT2D eigenvalue weighted by molar-refractivity contribution is 5.96. The average Bonchev–Trinajstić information content (AvgIpc) is 2.72. The lowest BCUT2D eigenvalue weighted by Gasteiger charge is -2.20. The molecule has 0 unspecified atom stereocenters. The molecule has 2 rings (SSSR count). The number of benzene rings is 2. The van der Waals surface area contributed by atoms with Crippen molar-refractivity contribution in [2.45, 2.75) is 32.5 Å². The lowest BCUT2D eigenvalue weighted by atomic mass is 10.2. The second-order valence-electron chi connectivity index (χ2n) is 6.04. The first kappa shape index (κ1) is 21.7. The van der Waals surface area contributed by atoms with Gasteiger partial charge in [0.2, 0.25) is 0 Å². The van der Waals surface area contributed by atoms with E-state index in [0.29, 0.717) is 12.2 Å². The molecular formula is C20H22N2O7. The zero-order valence-corrected chi connectivity index (χ0v) is 16.3. The molecule has 0 aliphatic carbocycles. The number of esters is 1. The van der Waals surface area contributed by atoms with E-state index in [1.165, 1.54) is 32.2 Å². The molecule has 154 valence electrons. The number of amides is 1. The highest BCUT2D eigenvalue weighted by Crippen LogP contribution is 2.29. The number of nitrogens with one attached hydrogen (secondary N) is 1. The number of ether oxygens (including phenoxy) is 3. The maximum atomic E-state index is 12.4. The molecule has 0 fully saturated rings. The first-order valence-corrected chi connectivity index (χ1v) is 8.91. The fraction of sp³-hybridized carbons (Fsp3) is 0.300. The summed E-state index contributed by atoms with van der Waals surface area (Å²) in [6.45, 7) is 3.18. The van der Waals surface area contributed by atoms with Gasteiger partial charge in [0.1, 0.15) is 11.5 Å². The van der Waals surface area contributed by atoms with Crippen LogP contribution in [0.4, 0.5) is 11.4 Å². The van der Waals surface area contributed by atoms with E-state index in [2.05, 4.69) is 5.32 Å². The van der Waals surface area contributed by atoms with Crippen molar-refractivity contribution in [3.05, 3.63) is 58.6 Å². The van der Waals surface area contributed by atoms with Crippen LogP contribution in [-0.2, 0) is 14.3 Å². The number of carbonyl (C=O) groups excluding carboxylic acids is 2. The molecule has 0 aliphatic heterocycles. The number of anilines is 1. The van der Waals surface area contributed by atoms with Crippen molar-refractivity contribution in [1.82, 2.24) is 0 Å². The summed E-state index contributed by atoms with van der Waals surface area (Å²) in [5.41, 5.74) is 0.0433. The Balaban J connectivity index is 2.00. The summed E-state index contributed by atoms with van der Waals surface area (Å²) in [6, 6.07) is 12.6. The van der Waals surface area contributed by atoms with Crippen LogP contribution in [-0.4, -0.2) is 36.1 Å². The molecule has 29 heavy (non-hydrogen) atoms. The molecule has 1 N–H and O–H groups in total. The lowest BCUT2D eigenvalue weighted by molar-refractivity contribution is -0.384. The van der Waals surface area contributed by atoms with E-state index in [1.54, 1.807) is 31.2 Å². The first-order valence-electron chi connectivity index (χ1n) is 8.91. The van der Waals surface area contributed by atoms with E-state index in [0.717, 1.165) is 0 Å². The molecule has 0 saturated carbocycles. The van der Waals surface area contributed by atoms with Gasteiger partial charge in [0, 0.05) is 6.07 Å². The zero-order valence-electron chi connectivity index (χ0n) is 16.3. The fourth-order valence-corrected chi connectivity index (χ4v) is 2.40. The molecule has 0 aliphatic rings. The standard InChI is InChI=1S/C20H22N2O7/c1-4-17(29-15-8-6-5-7-9-15)20(24)28-13(2)19(23)21-16-11-10-14(22(25)26)12-18(16)27-3/h5-13,17H,4H2,1-3H3,(H,21,23)/t13-,17-/m1/s1. The number of methoxy groups -OCH3 is 1. The summed E-state index contributed by atoms with van der Waals surface area (Å²) < 4.78 is 15.9. The normalized spacial score (nSPS) is 12.4. The number of para-hydroxylation sites is 1. The SMILES string of the molecule is CC[C@@H](Oc1ccccc1)C(=O)O[C@H](C)C(=O)Nc1ccc([N+](=O)[O-])cc1OC. The van der Waals surface area contributed by atoms with Crippen molar-refractivity contribution in [1.29, 1.82) is 0 Å². The number of non-ortho nitro benzene ring substituents is 1. The number of nitro groups is 1. The van der Waals surface area contributed by atoms with Crippen LogP contribution in [0.1, 0.15) is 20.3 Å². The van der Waals surface area contributed by atoms with Crippen molar-refractivity contribution in [2.75, 3.05) is 12.4 Å². The molecule has 0 aromatic heterocycles. The van der Waals surface area contributed by atoms with Gasteiger partial charge in [-0.25, -0.2) is 4.79 Å². The second kappa shape index (κ2) is 10.1. The highest BCUT2D eigenvalue weighted by Gasteiger charge is 2.26. The molecule has 9 nitrogen and oxygen atoms in total. The Bertz CT molecular complexity index is 870. The van der Waals surface area contributed by atoms with Crippen LogP contribution in [0, 0.1) is 10.1 Å². The van der Waals surface area contributed by atoms with Gasteiger partial charge in [-0.2, -0.15) is 0 Å². The largest absolute Gasteiger partial charge is 0.494 e. The minimum absolute atomic E-state index is 0.116. The lowest BCUT2D eigenvalue weighted by Crippen LogP contribution is -2.36. The molecule has 0 heterocycles. The van der Waals surface area contributed by atoms with Gasteiger partial charge in [0.25, 0.3) is 11.6 Å². The van der Waals surface area contributed by atoms with E-state index in [1.807, 2.05) is 6.07 Å². The van der Waals surface area contributed by atoms with Crippen molar-refractivity contribution in [3.8, 4) is 11.5 Å². The summed E-state index contributed by atoms with van der Waals surface area (Å²) in [6.07, 6.45) is -1.62. The minimum Gasteiger partial charge on any atom is -0.494 e. The van der Waals surface area contributed by atoms with Gasteiger partial charge in [0.05, 0.1) is 23.8 Å². The maximum Gasteiger partial charge on any atom is 0.348 e. The van der Waals surface area contributed by atoms with Crippen LogP contribution in [0.25, 0.3) is 0 Å². The van der Waals surface area contributed by atoms with Gasteiger partial charge >= 0.3 is 5.97 Å². The van der Waals surface area contributed by atoms with Gasteiger partial charge in [-0.3, -0.25) is 14.9 Å². The number of nitrogens with zero attached hydrogens (tertiary/aromatic N) is 1. The van der Waals surface area contributed by atoms with Crippen molar-refractivity contribution in [3.63, 3.8) is 0 Å². The molecule has 2 atom stereocenters. The quantitative estimate of drug-likeness (QED) is 0.388. The molecular weight excluding hydrogens is 380 g/mol. The van der Waals surface area contributed by atoms with Crippen molar-refractivity contribution >= 4 is 23.3 Å². The van der Waals surface area contributed by atoms with Crippen LogP contribution < -0.4 is 14.8 Å². The fourth-order valence-electron chi connectivity index (χ4n) is 2.40. The van der Waals surface area contributed by atoms with Crippen LogP contribution in [0.2, 0.25) is 0 Å². The Morgan fingerprint density at radius 2 is 1.86 bits per heavy atom. The Hall–Kier alpha value is -3.62. The Labute approximate surface area is 167 Å². The molecule has 2 aromatic carbocycles. The molecule has 0 radical (unpaired) electrons. The summed E-state index contributed by atoms with van der Waals surface area (Å²) in [7, 11) is 1.32. The summed E-state index contributed by atoms with van der Waals surface area (Å²) in [5, 5.41) is 13.4. The van der Waals surface area contributed by atoms with Crippen molar-refractivity contribution in [2.24, 2.45) is 0 Å². The number of carbonyl (C=O) groups is 2. The van der Waals surface area contributed by atoms with Gasteiger partial charge < -0.3 is 19.5 Å². The molecule has 0 bridgehead atoms. The summed E-state index contributed by atoms with van der Waals surface area (Å²) >= 11 is 0. The molecule has 2 aromatic rings. The monoisotopic (exact) mass is 402 g/mol. The summed E-state index contributed by atoms with van der Waals surface area (Å²) in [4.78, 5) is 35.0. The third-order valence-corrected chi connectivity index (χ3v) is 3.97. The molecule has 0 spiro atoms. The molecule has 1 amide bonds. The van der Waals surface area contributed by atoms with Gasteiger partial charge in [0.15, 0.2) is 12.2 Å². The number of hydrogen-bond donors (Lipinski definition) is 1. The third kappa shape index (κ3) is 5.93. The maximum absolute atomic E-state index is 12.4. The molecule has 0 saturated heterocycles. The Morgan fingerprint density at radius 3 is 2.45 bits per heavy atom. The van der Waals surface area contributed by atoms with Crippen molar-refractivity contribution < 1.29 is 28.7 Å². The third-order valence-electron chi connectivity index (χ3n) is 3.97. The smallest absolute Gasteiger partial charge is 0.348 e. The van der Waals surface area contributed by atoms with E-state index in [4.69, 9.17) is 14.2 Å². The van der Waals surface area contributed by atoms with E-state index >= 15 is 0 Å². The number of hydrogen-bond acceptors (Lipinski definition) is 7. The topological polar surface area (TPSA) is 117 Å². The van der Waals surface area contributed by atoms with E-state index < -0.39 is 29.0 Å². The Kier molecular flexibility index (Phi) is 7.53. The van der Waals surface area contributed by atoms with Gasteiger partial charge in [-0.1, -0.05) is 25.1 Å². The van der Waals surface area contributed by atoms with Crippen LogP contribution in [0.15, 0.2) is 48.5 Å². The number of nitro benzene ring substituents is 1. The first-order chi connectivity index (χ1) is 13.8. The number of rotatable bonds is 9. The average molecular weight is 402 g/mol. The zero-order chi connectivity index (χ0) is 21.4. The van der Waals surface area contributed by atoms with E-state index in [9.17, 15) is 19.7 Å². The van der Waals surface area contributed by atoms with Crippen LogP contribution in [0.5, 0.6) is 11.5 Å². The minimum atomic E-state index is -1.11. The van der Waals surface area contributed by atoms with Crippen LogP contribution >= 0.6 is 0 Å². The van der Waals surface area contributed by atoms with E-state index in [-0.39, 0.29) is 17.1 Å². The second-order valence-corrected chi connectivity index (χ2v) is 6.04. The highest BCUT2D eigenvalue weighted by atomic mass is 16.6. The van der Waals surface area contributed by atoms with Gasteiger partial charge in [-0.05, 0) is 31.5 Å². The van der Waals surface area contributed by atoms with Gasteiger partial charge in [-0.15, -0.1) is 0 Å².